The Morgan fingerprint density at radius 1 is 0.741 bits per heavy atom. The number of amides is 5. The molecule has 0 saturated carbocycles. The number of rotatable bonds is 8. The SMILES string of the molecule is CCC1=CC(=O)N(c2cc(NC(=O)c3cc4ccc(N(CC)CC)cc4oc3=O)cc(N3C(=O)C=C(C)C3=O)c2)C1=O.[C-]#CC#CC#CC#CC#CC#CC#CC.[Y]. The number of carbonyl (C=O) groups is 5. The Morgan fingerprint density at radius 2 is 1.29 bits per heavy atom. The maximum absolute atomic E-state index is 13.3. The second-order valence-corrected chi connectivity index (χ2v) is 11.6. The summed E-state index contributed by atoms with van der Waals surface area (Å²) in [7, 11) is 0. The molecule has 1 aromatic heterocycles. The van der Waals surface area contributed by atoms with Gasteiger partial charge in [0, 0.05) is 91.9 Å². The number of benzene rings is 2. The third kappa shape index (κ3) is 11.1. The third-order valence-electron chi connectivity index (χ3n) is 8.06. The first-order valence-corrected chi connectivity index (χ1v) is 17.3. The first kappa shape index (κ1) is 45.1. The standard InChI is InChI=1S/C31H28N4O7.C15H3.Y/c1-5-18-12-27(37)35(30(18)40)23-14-20(13-22(15-23)34-26(36)10-17(4)29(34)39)32-28(38)24-11-19-8-9-21(33(6-2)7-3)16-25(19)42-31(24)41;1-3-5-7-9-11-13-15-14-12-10-8-6-4-2;/h8-16H,5-7H2,1-4H3,(H,32,38);1H3;/q;-1;. The van der Waals surface area contributed by atoms with Gasteiger partial charge in [0.2, 0.25) is 0 Å². The molecule has 1 N–H and O–H groups in total. The summed E-state index contributed by atoms with van der Waals surface area (Å²) in [4.78, 5) is 81.1. The monoisotopic (exact) mass is 840 g/mol. The molecule has 0 saturated heterocycles. The minimum atomic E-state index is -0.862. The summed E-state index contributed by atoms with van der Waals surface area (Å²) in [5.41, 5.74) is 0.669. The summed E-state index contributed by atoms with van der Waals surface area (Å²) in [6.07, 6.45) is 9.17. The van der Waals surface area contributed by atoms with E-state index in [2.05, 4.69) is 81.3 Å². The Bertz CT molecular complexity index is 2780. The van der Waals surface area contributed by atoms with E-state index in [1.807, 2.05) is 25.8 Å². The van der Waals surface area contributed by atoms with Crippen molar-refractivity contribution < 1.29 is 61.1 Å². The molecule has 0 fully saturated rings. The predicted molar refractivity (Wildman–Crippen MR) is 217 cm³/mol. The van der Waals surface area contributed by atoms with E-state index < -0.39 is 35.2 Å². The van der Waals surface area contributed by atoms with Crippen molar-refractivity contribution in [3.8, 4) is 77.0 Å². The van der Waals surface area contributed by atoms with Gasteiger partial charge in [0.25, 0.3) is 29.5 Å². The van der Waals surface area contributed by atoms with Gasteiger partial charge < -0.3 is 21.1 Å². The van der Waals surface area contributed by atoms with Crippen LogP contribution in [0.25, 0.3) is 11.0 Å². The van der Waals surface area contributed by atoms with Gasteiger partial charge >= 0.3 is 5.63 Å². The van der Waals surface area contributed by atoms with Gasteiger partial charge in [0.05, 0.1) is 11.4 Å². The molecule has 2 aliphatic heterocycles. The van der Waals surface area contributed by atoms with Gasteiger partial charge in [0.15, 0.2) is 0 Å². The maximum atomic E-state index is 13.3. The molecule has 3 aromatic rings. The number of fused-ring (bicyclic) bond motifs is 1. The number of hydrogen-bond donors (Lipinski definition) is 1. The molecule has 2 aromatic carbocycles. The van der Waals surface area contributed by atoms with Crippen LogP contribution in [-0.2, 0) is 51.9 Å². The van der Waals surface area contributed by atoms with Crippen LogP contribution in [0.5, 0.6) is 0 Å². The second kappa shape index (κ2) is 21.7. The van der Waals surface area contributed by atoms with Crippen molar-refractivity contribution in [1.82, 2.24) is 0 Å². The number of carbonyl (C=O) groups excluding carboxylic acids is 5. The zero-order valence-corrected chi connectivity index (χ0v) is 34.9. The number of nitrogens with zero attached hydrogens (tertiary/aromatic N) is 3. The second-order valence-electron chi connectivity index (χ2n) is 11.6. The first-order valence-electron chi connectivity index (χ1n) is 17.3. The van der Waals surface area contributed by atoms with Crippen molar-refractivity contribution in [3.63, 3.8) is 0 Å². The van der Waals surface area contributed by atoms with Gasteiger partial charge in [0.1, 0.15) is 11.1 Å². The number of hydrogen-bond acceptors (Lipinski definition) is 8. The Morgan fingerprint density at radius 3 is 1.79 bits per heavy atom. The summed E-state index contributed by atoms with van der Waals surface area (Å²) < 4.78 is 5.48. The number of nitrogens with one attached hydrogen (secondary N) is 1. The Balaban J connectivity index is 0.000000480. The van der Waals surface area contributed by atoms with E-state index in [4.69, 9.17) is 10.8 Å². The quantitative estimate of drug-likeness (QED) is 0.151. The maximum Gasteiger partial charge on any atom is 0.349 e. The Kier molecular flexibility index (Phi) is 16.9. The van der Waals surface area contributed by atoms with Crippen LogP contribution in [-0.4, -0.2) is 42.6 Å². The van der Waals surface area contributed by atoms with Crippen LogP contribution in [0.4, 0.5) is 22.7 Å². The molecule has 3 heterocycles. The molecule has 2 aliphatic rings. The van der Waals surface area contributed by atoms with Crippen molar-refractivity contribution in [2.75, 3.05) is 33.1 Å². The molecule has 0 atom stereocenters. The largest absolute Gasteiger partial charge is 0.422 e. The van der Waals surface area contributed by atoms with Crippen molar-refractivity contribution in [3.05, 3.63) is 88.2 Å². The van der Waals surface area contributed by atoms with E-state index in [-0.39, 0.29) is 60.9 Å². The Hall–Kier alpha value is -7.30. The molecule has 11 nitrogen and oxygen atoms in total. The number of imide groups is 2. The van der Waals surface area contributed by atoms with Gasteiger partial charge in [-0.1, -0.05) is 12.8 Å². The van der Waals surface area contributed by atoms with Gasteiger partial charge in [-0.2, -0.15) is 0 Å². The van der Waals surface area contributed by atoms with Crippen LogP contribution in [0.15, 0.2) is 75.0 Å². The molecule has 5 rings (SSSR count). The van der Waals surface area contributed by atoms with E-state index in [1.165, 1.54) is 43.3 Å². The van der Waals surface area contributed by atoms with Crippen LogP contribution in [0, 0.1) is 83.4 Å². The summed E-state index contributed by atoms with van der Waals surface area (Å²) in [5, 5.41) is 3.13. The molecule has 5 amide bonds. The first-order chi connectivity index (χ1) is 27.5. The molecule has 0 unspecified atom stereocenters. The van der Waals surface area contributed by atoms with E-state index >= 15 is 0 Å². The summed E-state index contributed by atoms with van der Waals surface area (Å²) in [6.45, 7) is 10.5. The smallest absolute Gasteiger partial charge is 0.349 e. The fraction of sp³-hybridized carbons (Fsp3) is 0.174. The van der Waals surface area contributed by atoms with Crippen LogP contribution in [0.3, 0.4) is 0 Å². The minimum absolute atomic E-state index is 0. The van der Waals surface area contributed by atoms with Crippen molar-refractivity contribution in [2.24, 2.45) is 0 Å². The van der Waals surface area contributed by atoms with E-state index in [0.717, 1.165) is 28.6 Å². The third-order valence-corrected chi connectivity index (χ3v) is 8.06. The van der Waals surface area contributed by atoms with Gasteiger partial charge in [-0.05, 0) is 124 Å². The molecular formula is C46H31N4O7Y-. The molecule has 0 aliphatic carbocycles. The zero-order valence-electron chi connectivity index (χ0n) is 32.1. The molecule has 12 heteroatoms. The normalized spacial score (nSPS) is 11.9. The fourth-order valence-electron chi connectivity index (χ4n) is 5.39. The van der Waals surface area contributed by atoms with Crippen molar-refractivity contribution in [1.29, 1.82) is 0 Å². The zero-order chi connectivity index (χ0) is 41.5. The van der Waals surface area contributed by atoms with Crippen LogP contribution >= 0.6 is 0 Å². The van der Waals surface area contributed by atoms with Gasteiger partial charge in [-0.15, -0.1) is 5.92 Å². The van der Waals surface area contributed by atoms with Crippen molar-refractivity contribution >= 4 is 63.3 Å². The van der Waals surface area contributed by atoms with E-state index in [1.54, 1.807) is 26.0 Å². The van der Waals surface area contributed by atoms with Crippen LogP contribution in [0.2, 0.25) is 0 Å². The molecular weight excluding hydrogens is 809 g/mol. The summed E-state index contributed by atoms with van der Waals surface area (Å²) in [6, 6.07) is 10.8. The van der Waals surface area contributed by atoms with E-state index in [0.29, 0.717) is 23.0 Å². The van der Waals surface area contributed by atoms with Gasteiger partial charge in [-0.3, -0.25) is 29.9 Å². The summed E-state index contributed by atoms with van der Waals surface area (Å²) in [5.74, 6) is 28.2. The minimum Gasteiger partial charge on any atom is -0.422 e. The van der Waals surface area contributed by atoms with Crippen molar-refractivity contribution in [2.45, 2.75) is 41.0 Å². The van der Waals surface area contributed by atoms with Crippen LogP contribution < -0.4 is 25.6 Å². The topological polar surface area (TPSA) is 137 Å². The average molecular weight is 841 g/mol. The number of anilines is 4. The van der Waals surface area contributed by atoms with Gasteiger partial charge in [-0.25, -0.2) is 20.5 Å². The van der Waals surface area contributed by atoms with E-state index in [9.17, 15) is 28.8 Å². The molecule has 1 radical (unpaired) electrons. The fourth-order valence-corrected chi connectivity index (χ4v) is 5.39. The molecule has 0 bridgehead atoms. The molecule has 281 valence electrons. The molecule has 58 heavy (non-hydrogen) atoms. The summed E-state index contributed by atoms with van der Waals surface area (Å²) >= 11 is 0. The average Bonchev–Trinajstić information content (AvgIpc) is 3.63. The molecule has 0 spiro atoms. The van der Waals surface area contributed by atoms with Crippen LogP contribution in [0.1, 0.15) is 51.4 Å². The predicted octanol–water partition coefficient (Wildman–Crippen LogP) is 4.53. The Labute approximate surface area is 361 Å².